The highest BCUT2D eigenvalue weighted by Crippen LogP contribution is 2.17. The Bertz CT molecular complexity index is 600. The lowest BCUT2D eigenvalue weighted by Gasteiger charge is -2.21. The third-order valence-corrected chi connectivity index (χ3v) is 3.15. The van der Waals surface area contributed by atoms with Crippen LogP contribution in [0.4, 0.5) is 5.69 Å². The summed E-state index contributed by atoms with van der Waals surface area (Å²) in [6, 6.07) is 5.98. The SMILES string of the molecule is C#Cc1cccc(NC(=O)[C@H](C)N2C(=O)CCC2=O)c1. The number of hydrogen-bond acceptors (Lipinski definition) is 3. The van der Waals surface area contributed by atoms with E-state index in [1.165, 1.54) is 6.92 Å². The standard InChI is InChI=1S/C15H14N2O3/c1-3-11-5-4-6-12(9-11)16-15(20)10(2)17-13(18)7-8-14(17)19/h1,4-6,9-10H,7-8H2,2H3,(H,16,20)/t10-/m0/s1. The van der Waals surface area contributed by atoms with Crippen molar-refractivity contribution < 1.29 is 14.4 Å². The molecule has 0 aromatic heterocycles. The monoisotopic (exact) mass is 270 g/mol. The molecule has 1 aliphatic heterocycles. The Morgan fingerprint density at radius 2 is 2.00 bits per heavy atom. The van der Waals surface area contributed by atoms with Crippen LogP contribution in [0.15, 0.2) is 24.3 Å². The van der Waals surface area contributed by atoms with E-state index >= 15 is 0 Å². The lowest BCUT2D eigenvalue weighted by atomic mass is 10.2. The van der Waals surface area contributed by atoms with Crippen molar-refractivity contribution in [3.05, 3.63) is 29.8 Å². The Labute approximate surface area is 117 Å². The van der Waals surface area contributed by atoms with Crippen LogP contribution in [0.2, 0.25) is 0 Å². The van der Waals surface area contributed by atoms with Gasteiger partial charge in [0.05, 0.1) is 0 Å². The Morgan fingerprint density at radius 1 is 1.35 bits per heavy atom. The van der Waals surface area contributed by atoms with Gasteiger partial charge in [-0.3, -0.25) is 19.3 Å². The molecule has 1 aromatic rings. The van der Waals surface area contributed by atoms with Crippen molar-refractivity contribution in [3.63, 3.8) is 0 Å². The van der Waals surface area contributed by atoms with Crippen LogP contribution in [0.3, 0.4) is 0 Å². The molecule has 1 saturated heterocycles. The van der Waals surface area contributed by atoms with Crippen molar-refractivity contribution in [2.24, 2.45) is 0 Å². The van der Waals surface area contributed by atoms with Crippen molar-refractivity contribution in [2.75, 3.05) is 5.32 Å². The van der Waals surface area contributed by atoms with E-state index in [0.29, 0.717) is 11.3 Å². The van der Waals surface area contributed by atoms with E-state index < -0.39 is 11.9 Å². The van der Waals surface area contributed by atoms with Gasteiger partial charge in [0.25, 0.3) is 0 Å². The third kappa shape index (κ3) is 2.69. The predicted molar refractivity (Wildman–Crippen MR) is 73.6 cm³/mol. The molecule has 0 radical (unpaired) electrons. The molecule has 1 N–H and O–H groups in total. The zero-order chi connectivity index (χ0) is 14.7. The van der Waals surface area contributed by atoms with Gasteiger partial charge in [-0.1, -0.05) is 12.0 Å². The van der Waals surface area contributed by atoms with Crippen LogP contribution in [0.25, 0.3) is 0 Å². The van der Waals surface area contributed by atoms with Crippen LogP contribution < -0.4 is 5.32 Å². The van der Waals surface area contributed by atoms with Crippen molar-refractivity contribution in [3.8, 4) is 12.3 Å². The average Bonchev–Trinajstić information content (AvgIpc) is 2.77. The summed E-state index contributed by atoms with van der Waals surface area (Å²) in [5.41, 5.74) is 1.18. The van der Waals surface area contributed by atoms with E-state index in [0.717, 1.165) is 4.90 Å². The van der Waals surface area contributed by atoms with Crippen molar-refractivity contribution in [2.45, 2.75) is 25.8 Å². The zero-order valence-corrected chi connectivity index (χ0v) is 11.1. The summed E-state index contributed by atoms with van der Waals surface area (Å²) >= 11 is 0. The van der Waals surface area contributed by atoms with Crippen LogP contribution in [0, 0.1) is 12.3 Å². The van der Waals surface area contributed by atoms with Gasteiger partial charge in [0.15, 0.2) is 0 Å². The summed E-state index contributed by atoms with van der Waals surface area (Å²) in [5.74, 6) is 1.43. The minimum atomic E-state index is -0.827. The van der Waals surface area contributed by atoms with Gasteiger partial charge < -0.3 is 5.32 Å². The van der Waals surface area contributed by atoms with Crippen molar-refractivity contribution >= 4 is 23.4 Å². The number of amides is 3. The fraction of sp³-hybridized carbons (Fsp3) is 0.267. The van der Waals surface area contributed by atoms with E-state index in [1.807, 2.05) is 0 Å². The number of terminal acetylenes is 1. The van der Waals surface area contributed by atoms with E-state index in [1.54, 1.807) is 24.3 Å². The molecular weight excluding hydrogens is 256 g/mol. The summed E-state index contributed by atoms with van der Waals surface area (Å²) < 4.78 is 0. The fourth-order valence-corrected chi connectivity index (χ4v) is 2.08. The van der Waals surface area contributed by atoms with Crippen molar-refractivity contribution in [1.82, 2.24) is 4.90 Å². The van der Waals surface area contributed by atoms with Crippen LogP contribution in [-0.4, -0.2) is 28.7 Å². The van der Waals surface area contributed by atoms with E-state index in [2.05, 4.69) is 11.2 Å². The molecule has 102 valence electrons. The second kappa shape index (κ2) is 5.57. The molecule has 0 saturated carbocycles. The highest BCUT2D eigenvalue weighted by molar-refractivity contribution is 6.07. The second-order valence-electron chi connectivity index (χ2n) is 4.55. The first-order chi connectivity index (χ1) is 9.52. The van der Waals surface area contributed by atoms with Crippen LogP contribution in [0.5, 0.6) is 0 Å². The summed E-state index contributed by atoms with van der Waals surface area (Å²) in [6.07, 6.45) is 5.62. The van der Waals surface area contributed by atoms with Crippen LogP contribution in [0.1, 0.15) is 25.3 Å². The average molecular weight is 270 g/mol. The number of imide groups is 1. The van der Waals surface area contributed by atoms with Crippen molar-refractivity contribution in [1.29, 1.82) is 0 Å². The summed E-state index contributed by atoms with van der Waals surface area (Å²) in [5, 5.41) is 2.65. The second-order valence-corrected chi connectivity index (χ2v) is 4.55. The summed E-state index contributed by atoms with van der Waals surface area (Å²) in [6.45, 7) is 1.53. The van der Waals surface area contributed by atoms with Gasteiger partial charge in [0, 0.05) is 24.1 Å². The molecule has 20 heavy (non-hydrogen) atoms. The minimum absolute atomic E-state index is 0.170. The summed E-state index contributed by atoms with van der Waals surface area (Å²) in [7, 11) is 0. The first kappa shape index (κ1) is 13.8. The molecule has 1 aliphatic rings. The number of rotatable bonds is 3. The Balaban J connectivity index is 2.10. The molecule has 1 aromatic carbocycles. The molecule has 0 unspecified atom stereocenters. The maximum atomic E-state index is 12.1. The molecule has 0 bridgehead atoms. The number of likely N-dealkylation sites (tertiary alicyclic amines) is 1. The van der Waals surface area contributed by atoms with Gasteiger partial charge in [-0.15, -0.1) is 6.42 Å². The van der Waals surface area contributed by atoms with Crippen LogP contribution >= 0.6 is 0 Å². The molecule has 2 rings (SSSR count). The molecule has 1 heterocycles. The number of nitrogens with one attached hydrogen (secondary N) is 1. The molecule has 5 nitrogen and oxygen atoms in total. The van der Waals surface area contributed by atoms with Gasteiger partial charge >= 0.3 is 0 Å². The van der Waals surface area contributed by atoms with E-state index in [9.17, 15) is 14.4 Å². The number of nitrogens with zero attached hydrogens (tertiary/aromatic N) is 1. The minimum Gasteiger partial charge on any atom is -0.324 e. The molecule has 3 amide bonds. The lowest BCUT2D eigenvalue weighted by molar-refractivity contribution is -0.144. The van der Waals surface area contributed by atoms with Gasteiger partial charge in [-0.25, -0.2) is 0 Å². The topological polar surface area (TPSA) is 66.5 Å². The molecular formula is C15H14N2O3. The maximum absolute atomic E-state index is 12.1. The smallest absolute Gasteiger partial charge is 0.247 e. The molecule has 1 atom stereocenters. The van der Waals surface area contributed by atoms with Gasteiger partial charge in [0.2, 0.25) is 17.7 Å². The number of benzene rings is 1. The quantitative estimate of drug-likeness (QED) is 0.661. The summed E-state index contributed by atoms with van der Waals surface area (Å²) in [4.78, 5) is 36.3. The largest absolute Gasteiger partial charge is 0.324 e. The highest BCUT2D eigenvalue weighted by atomic mass is 16.2. The van der Waals surface area contributed by atoms with E-state index in [-0.39, 0.29) is 24.7 Å². The first-order valence-electron chi connectivity index (χ1n) is 6.25. The molecule has 0 spiro atoms. The normalized spacial score (nSPS) is 15.9. The number of anilines is 1. The number of hydrogen-bond donors (Lipinski definition) is 1. The molecule has 1 fully saturated rings. The fourth-order valence-electron chi connectivity index (χ4n) is 2.08. The van der Waals surface area contributed by atoms with E-state index in [4.69, 9.17) is 6.42 Å². The first-order valence-corrected chi connectivity index (χ1v) is 6.25. The van der Waals surface area contributed by atoms with Gasteiger partial charge in [0.1, 0.15) is 6.04 Å². The van der Waals surface area contributed by atoms with Crippen LogP contribution in [-0.2, 0) is 14.4 Å². The molecule has 0 aliphatic carbocycles. The number of carbonyl (C=O) groups is 3. The Kier molecular flexibility index (Phi) is 3.85. The van der Waals surface area contributed by atoms with Gasteiger partial charge in [-0.2, -0.15) is 0 Å². The Morgan fingerprint density at radius 3 is 2.60 bits per heavy atom. The van der Waals surface area contributed by atoms with Gasteiger partial charge in [-0.05, 0) is 25.1 Å². The zero-order valence-electron chi connectivity index (χ0n) is 11.1. The Hall–Kier alpha value is -2.61. The maximum Gasteiger partial charge on any atom is 0.247 e. The number of carbonyl (C=O) groups excluding carboxylic acids is 3. The lowest BCUT2D eigenvalue weighted by Crippen LogP contribution is -2.44. The third-order valence-electron chi connectivity index (χ3n) is 3.15. The molecule has 5 heteroatoms. The highest BCUT2D eigenvalue weighted by Gasteiger charge is 2.36. The predicted octanol–water partition coefficient (Wildman–Crippen LogP) is 1.14.